The third kappa shape index (κ3) is 2.67. The van der Waals surface area contributed by atoms with Crippen LogP contribution >= 0.6 is 11.3 Å². The van der Waals surface area contributed by atoms with E-state index >= 15 is 0 Å². The Balaban J connectivity index is 2.20. The standard InChI is InChI=1S/C13H21N3OS/c1-9(17)13-11(14)7-12(18-13)16-6-4-5-10(16)8-15(2)3/h7,10H,4-6,8,14H2,1-3H3. The zero-order valence-corrected chi connectivity index (χ0v) is 12.1. The van der Waals surface area contributed by atoms with Gasteiger partial charge in [0.25, 0.3) is 0 Å². The second-order valence-corrected chi connectivity index (χ2v) is 6.21. The maximum atomic E-state index is 11.5. The molecule has 18 heavy (non-hydrogen) atoms. The zero-order chi connectivity index (χ0) is 13.3. The number of hydrogen-bond acceptors (Lipinski definition) is 5. The number of nitrogens with two attached hydrogens (primary N) is 1. The van der Waals surface area contributed by atoms with Crippen LogP contribution in [0.3, 0.4) is 0 Å². The van der Waals surface area contributed by atoms with E-state index in [0.29, 0.717) is 16.6 Å². The van der Waals surface area contributed by atoms with Gasteiger partial charge >= 0.3 is 0 Å². The lowest BCUT2D eigenvalue weighted by molar-refractivity contribution is 0.102. The Morgan fingerprint density at radius 2 is 2.33 bits per heavy atom. The molecule has 1 aliphatic rings. The van der Waals surface area contributed by atoms with Crippen molar-refractivity contribution in [2.75, 3.05) is 37.8 Å². The normalized spacial score (nSPS) is 19.8. The molecule has 0 saturated carbocycles. The lowest BCUT2D eigenvalue weighted by atomic mass is 10.2. The molecule has 5 heteroatoms. The second kappa shape index (κ2) is 5.28. The summed E-state index contributed by atoms with van der Waals surface area (Å²) in [5.74, 6) is 0.0621. The molecule has 2 heterocycles. The van der Waals surface area contributed by atoms with E-state index in [-0.39, 0.29) is 5.78 Å². The van der Waals surface area contributed by atoms with Crippen LogP contribution in [0.4, 0.5) is 10.7 Å². The summed E-state index contributed by atoms with van der Waals surface area (Å²) in [7, 11) is 4.20. The SMILES string of the molecule is CC(=O)c1sc(N2CCCC2CN(C)C)cc1N. The van der Waals surface area contributed by atoms with Crippen molar-refractivity contribution in [3.8, 4) is 0 Å². The molecule has 2 N–H and O–H groups in total. The lowest BCUT2D eigenvalue weighted by Gasteiger charge is -2.27. The summed E-state index contributed by atoms with van der Waals surface area (Å²) in [6.07, 6.45) is 2.43. The van der Waals surface area contributed by atoms with Crippen molar-refractivity contribution < 1.29 is 4.79 Å². The fourth-order valence-electron chi connectivity index (χ4n) is 2.55. The molecular formula is C13H21N3OS. The number of likely N-dealkylation sites (N-methyl/N-ethyl adjacent to an activating group) is 1. The van der Waals surface area contributed by atoms with Crippen LogP contribution in [0.2, 0.25) is 0 Å². The minimum atomic E-state index is 0.0621. The summed E-state index contributed by atoms with van der Waals surface area (Å²) in [5, 5.41) is 1.14. The number of carbonyl (C=O) groups is 1. The predicted molar refractivity (Wildman–Crippen MR) is 77.7 cm³/mol. The Morgan fingerprint density at radius 1 is 1.61 bits per heavy atom. The molecule has 1 aromatic rings. The van der Waals surface area contributed by atoms with Gasteiger partial charge in [-0.25, -0.2) is 0 Å². The highest BCUT2D eigenvalue weighted by atomic mass is 32.1. The molecule has 1 atom stereocenters. The first-order chi connectivity index (χ1) is 8.49. The predicted octanol–water partition coefficient (Wildman–Crippen LogP) is 2.06. The molecule has 0 aliphatic carbocycles. The van der Waals surface area contributed by atoms with Gasteiger partial charge in [-0.1, -0.05) is 0 Å². The maximum absolute atomic E-state index is 11.5. The summed E-state index contributed by atoms with van der Waals surface area (Å²) >= 11 is 1.53. The van der Waals surface area contributed by atoms with Crippen LogP contribution in [-0.4, -0.2) is 43.9 Å². The molecule has 0 spiro atoms. The number of Topliss-reactive ketones (excluding diaryl/α,β-unsaturated/α-hetero) is 1. The van der Waals surface area contributed by atoms with E-state index in [9.17, 15) is 4.79 Å². The Kier molecular flexibility index (Phi) is 3.92. The van der Waals surface area contributed by atoms with Crippen molar-refractivity contribution in [2.45, 2.75) is 25.8 Å². The van der Waals surface area contributed by atoms with Gasteiger partial charge in [-0.3, -0.25) is 4.79 Å². The van der Waals surface area contributed by atoms with Gasteiger partial charge in [0.15, 0.2) is 5.78 Å². The van der Waals surface area contributed by atoms with Crippen LogP contribution in [-0.2, 0) is 0 Å². The molecule has 1 saturated heterocycles. The third-order valence-electron chi connectivity index (χ3n) is 3.30. The Hall–Kier alpha value is -1.07. The van der Waals surface area contributed by atoms with Crippen LogP contribution < -0.4 is 10.6 Å². The minimum absolute atomic E-state index is 0.0621. The summed E-state index contributed by atoms with van der Waals surface area (Å²) in [4.78, 5) is 16.8. The molecule has 1 aliphatic heterocycles. The van der Waals surface area contributed by atoms with Gasteiger partial charge in [-0.15, -0.1) is 11.3 Å². The fraction of sp³-hybridized carbons (Fsp3) is 0.615. The van der Waals surface area contributed by atoms with E-state index in [0.717, 1.165) is 18.1 Å². The van der Waals surface area contributed by atoms with Crippen LogP contribution in [0.1, 0.15) is 29.4 Å². The van der Waals surface area contributed by atoms with E-state index in [4.69, 9.17) is 5.73 Å². The van der Waals surface area contributed by atoms with Gasteiger partial charge in [0, 0.05) is 26.1 Å². The topological polar surface area (TPSA) is 49.6 Å². The molecule has 0 amide bonds. The molecule has 4 nitrogen and oxygen atoms in total. The number of thiophene rings is 1. The first kappa shape index (κ1) is 13.4. The minimum Gasteiger partial charge on any atom is -0.397 e. The number of ketones is 1. The number of anilines is 2. The molecule has 0 bridgehead atoms. The summed E-state index contributed by atoms with van der Waals surface area (Å²) in [6.45, 7) is 3.69. The molecule has 2 rings (SSSR count). The Bertz CT molecular complexity index is 441. The first-order valence-electron chi connectivity index (χ1n) is 6.30. The lowest BCUT2D eigenvalue weighted by Crippen LogP contribution is -2.37. The Labute approximate surface area is 112 Å². The van der Waals surface area contributed by atoms with Crippen molar-refractivity contribution in [3.05, 3.63) is 10.9 Å². The van der Waals surface area contributed by atoms with Gasteiger partial charge in [0.1, 0.15) is 0 Å². The smallest absolute Gasteiger partial charge is 0.171 e. The first-order valence-corrected chi connectivity index (χ1v) is 7.12. The van der Waals surface area contributed by atoms with Crippen molar-refractivity contribution in [2.24, 2.45) is 0 Å². The van der Waals surface area contributed by atoms with Crippen LogP contribution in [0.5, 0.6) is 0 Å². The van der Waals surface area contributed by atoms with Crippen LogP contribution in [0.15, 0.2) is 6.07 Å². The quantitative estimate of drug-likeness (QED) is 0.848. The van der Waals surface area contributed by atoms with E-state index in [2.05, 4.69) is 23.9 Å². The number of rotatable bonds is 4. The molecule has 1 aromatic heterocycles. The zero-order valence-electron chi connectivity index (χ0n) is 11.3. The molecular weight excluding hydrogens is 246 g/mol. The average Bonchev–Trinajstić information content (AvgIpc) is 2.83. The summed E-state index contributed by atoms with van der Waals surface area (Å²) in [6, 6.07) is 2.49. The number of nitrogens with zero attached hydrogens (tertiary/aromatic N) is 2. The Morgan fingerprint density at radius 3 is 2.89 bits per heavy atom. The monoisotopic (exact) mass is 267 g/mol. The number of hydrogen-bond donors (Lipinski definition) is 1. The van der Waals surface area contributed by atoms with Crippen LogP contribution in [0.25, 0.3) is 0 Å². The molecule has 0 radical (unpaired) electrons. The van der Waals surface area contributed by atoms with Crippen LogP contribution in [0, 0.1) is 0 Å². The average molecular weight is 267 g/mol. The fourth-order valence-corrected chi connectivity index (χ4v) is 3.62. The van der Waals surface area contributed by atoms with E-state index in [1.165, 1.54) is 24.2 Å². The highest BCUT2D eigenvalue weighted by molar-refractivity contribution is 7.18. The highest BCUT2D eigenvalue weighted by Crippen LogP contribution is 2.36. The molecule has 1 unspecified atom stereocenters. The number of carbonyl (C=O) groups excluding carboxylic acids is 1. The van der Waals surface area contributed by atoms with Gasteiger partial charge in [0.05, 0.1) is 15.6 Å². The van der Waals surface area contributed by atoms with Gasteiger partial charge in [-0.05, 0) is 33.0 Å². The molecule has 100 valence electrons. The summed E-state index contributed by atoms with van der Waals surface area (Å²) in [5.41, 5.74) is 6.53. The highest BCUT2D eigenvalue weighted by Gasteiger charge is 2.27. The van der Waals surface area contributed by atoms with Gasteiger partial charge in [0.2, 0.25) is 0 Å². The molecule has 1 fully saturated rings. The number of nitrogen functional groups attached to an aromatic ring is 1. The molecule has 0 aromatic carbocycles. The third-order valence-corrected chi connectivity index (χ3v) is 4.59. The van der Waals surface area contributed by atoms with E-state index in [1.54, 1.807) is 6.92 Å². The van der Waals surface area contributed by atoms with E-state index in [1.807, 2.05) is 6.07 Å². The van der Waals surface area contributed by atoms with Crippen molar-refractivity contribution in [1.82, 2.24) is 4.90 Å². The summed E-state index contributed by atoms with van der Waals surface area (Å²) < 4.78 is 0. The van der Waals surface area contributed by atoms with E-state index < -0.39 is 0 Å². The second-order valence-electron chi connectivity index (χ2n) is 5.18. The van der Waals surface area contributed by atoms with Gasteiger partial charge in [-0.2, -0.15) is 0 Å². The van der Waals surface area contributed by atoms with Gasteiger partial charge < -0.3 is 15.5 Å². The maximum Gasteiger partial charge on any atom is 0.171 e. The van der Waals surface area contributed by atoms with Crippen molar-refractivity contribution in [1.29, 1.82) is 0 Å². The van der Waals surface area contributed by atoms with Crippen molar-refractivity contribution >= 4 is 27.8 Å². The van der Waals surface area contributed by atoms with Crippen molar-refractivity contribution in [3.63, 3.8) is 0 Å². The largest absolute Gasteiger partial charge is 0.397 e.